The van der Waals surface area contributed by atoms with Crippen molar-refractivity contribution in [2.24, 2.45) is 5.73 Å². The van der Waals surface area contributed by atoms with Crippen molar-refractivity contribution in [3.63, 3.8) is 0 Å². The molecule has 0 aliphatic rings. The minimum atomic E-state index is -0.593. The highest BCUT2D eigenvalue weighted by Gasteiger charge is 2.20. The van der Waals surface area contributed by atoms with Crippen LogP contribution in [0.1, 0.15) is 22.3 Å². The predicted molar refractivity (Wildman–Crippen MR) is 61.7 cm³/mol. The summed E-state index contributed by atoms with van der Waals surface area (Å²) < 4.78 is 23.9. The number of carbonyl (C=O) groups excluding carboxylic acids is 1. The van der Waals surface area contributed by atoms with E-state index in [-0.39, 0.29) is 36.7 Å². The minimum Gasteiger partial charge on any atom is -0.496 e. The molecule has 0 fully saturated rings. The number of hydrogen-bond acceptors (Lipinski definition) is 4. The third kappa shape index (κ3) is 3.01. The summed E-state index contributed by atoms with van der Waals surface area (Å²) in [5.74, 6) is -0.731. The topological polar surface area (TPSA) is 61.5 Å². The normalized spacial score (nSPS) is 10.4. The van der Waals surface area contributed by atoms with Crippen molar-refractivity contribution < 1.29 is 18.7 Å². The van der Waals surface area contributed by atoms with Gasteiger partial charge in [-0.25, -0.2) is 4.39 Å². The van der Waals surface area contributed by atoms with Crippen LogP contribution in [0.5, 0.6) is 5.75 Å². The molecule has 0 saturated carbocycles. The number of carbonyl (C=O) groups is 1. The van der Waals surface area contributed by atoms with E-state index in [1.54, 1.807) is 6.07 Å². The Balaban J connectivity index is 3.22. The largest absolute Gasteiger partial charge is 0.496 e. The summed E-state index contributed by atoms with van der Waals surface area (Å²) in [6, 6.07) is 3.10. The highest BCUT2D eigenvalue weighted by Crippen LogP contribution is 2.26. The second kappa shape index (κ2) is 6.32. The maximum absolute atomic E-state index is 14.1. The molecule has 5 heteroatoms. The molecule has 0 atom stereocenters. The Hall–Kier alpha value is -1.46. The first kappa shape index (κ1) is 13.6. The van der Waals surface area contributed by atoms with Crippen LogP contribution in [0.25, 0.3) is 0 Å². The van der Waals surface area contributed by atoms with Gasteiger partial charge in [0, 0.05) is 19.1 Å². The average molecular weight is 241 g/mol. The van der Waals surface area contributed by atoms with Crippen LogP contribution in [0.4, 0.5) is 4.39 Å². The van der Waals surface area contributed by atoms with Crippen molar-refractivity contribution in [2.45, 2.75) is 13.0 Å². The van der Waals surface area contributed by atoms with Crippen molar-refractivity contribution in [3.8, 4) is 5.75 Å². The summed E-state index contributed by atoms with van der Waals surface area (Å²) in [5, 5.41) is 0. The van der Waals surface area contributed by atoms with Crippen LogP contribution >= 0.6 is 0 Å². The molecule has 1 rings (SSSR count). The molecule has 0 radical (unpaired) electrons. The van der Waals surface area contributed by atoms with Crippen molar-refractivity contribution in [2.75, 3.05) is 20.8 Å². The number of nitrogens with two attached hydrogens (primary N) is 1. The quantitative estimate of drug-likeness (QED) is 0.767. The fraction of sp³-hybridized carbons (Fsp3) is 0.417. The molecule has 0 unspecified atom stereocenters. The van der Waals surface area contributed by atoms with Crippen molar-refractivity contribution in [1.82, 2.24) is 0 Å². The highest BCUT2D eigenvalue weighted by atomic mass is 19.1. The maximum atomic E-state index is 14.1. The van der Waals surface area contributed by atoms with Crippen molar-refractivity contribution >= 4 is 5.78 Å². The number of ether oxygens (including phenoxy) is 2. The number of rotatable bonds is 6. The Bertz CT molecular complexity index is 407. The van der Waals surface area contributed by atoms with Crippen LogP contribution in [0.3, 0.4) is 0 Å². The molecule has 0 heterocycles. The van der Waals surface area contributed by atoms with Crippen LogP contribution < -0.4 is 10.5 Å². The summed E-state index contributed by atoms with van der Waals surface area (Å²) in [5.41, 5.74) is 5.58. The number of ketones is 1. The van der Waals surface area contributed by atoms with Crippen LogP contribution in [-0.2, 0) is 11.3 Å². The lowest BCUT2D eigenvalue weighted by atomic mass is 10.0. The Morgan fingerprint density at radius 1 is 1.41 bits per heavy atom. The van der Waals surface area contributed by atoms with Gasteiger partial charge >= 0.3 is 0 Å². The standard InChI is InChI=1S/C12H16FNO3/c1-16-7-8-3-4-10(17-2)11(12(8)13)9(15)5-6-14/h3-4H,5-7,14H2,1-2H3. The first-order chi connectivity index (χ1) is 8.15. The fourth-order valence-electron chi connectivity index (χ4n) is 1.55. The number of halogens is 1. The smallest absolute Gasteiger partial charge is 0.170 e. The van der Waals surface area contributed by atoms with Crippen LogP contribution in [0.2, 0.25) is 0 Å². The number of benzene rings is 1. The molecule has 0 amide bonds. The minimum absolute atomic E-state index is 0.0486. The Morgan fingerprint density at radius 3 is 2.65 bits per heavy atom. The summed E-state index contributed by atoms with van der Waals surface area (Å²) >= 11 is 0. The summed E-state index contributed by atoms with van der Waals surface area (Å²) in [7, 11) is 2.86. The van der Waals surface area contributed by atoms with Crippen molar-refractivity contribution in [1.29, 1.82) is 0 Å². The predicted octanol–water partition coefficient (Wildman–Crippen LogP) is 1.51. The summed E-state index contributed by atoms with van der Waals surface area (Å²) in [6.45, 7) is 0.286. The van der Waals surface area contributed by atoms with E-state index in [1.807, 2.05) is 0 Å². The van der Waals surface area contributed by atoms with E-state index in [9.17, 15) is 9.18 Å². The fourth-order valence-corrected chi connectivity index (χ4v) is 1.55. The zero-order valence-corrected chi connectivity index (χ0v) is 9.96. The zero-order valence-electron chi connectivity index (χ0n) is 9.96. The van der Waals surface area contributed by atoms with Gasteiger partial charge in [0.15, 0.2) is 5.78 Å². The molecule has 1 aromatic carbocycles. The van der Waals surface area contributed by atoms with E-state index >= 15 is 0 Å². The van der Waals surface area contributed by atoms with E-state index in [2.05, 4.69) is 0 Å². The molecule has 0 aliphatic carbocycles. The molecule has 0 aliphatic heterocycles. The second-order valence-electron chi connectivity index (χ2n) is 3.51. The van der Waals surface area contributed by atoms with E-state index in [0.29, 0.717) is 5.56 Å². The van der Waals surface area contributed by atoms with E-state index in [4.69, 9.17) is 15.2 Å². The maximum Gasteiger partial charge on any atom is 0.170 e. The van der Waals surface area contributed by atoms with Gasteiger partial charge < -0.3 is 15.2 Å². The third-order valence-corrected chi connectivity index (χ3v) is 2.35. The van der Waals surface area contributed by atoms with E-state index in [1.165, 1.54) is 20.3 Å². The first-order valence-corrected chi connectivity index (χ1v) is 5.23. The molecule has 0 saturated heterocycles. The summed E-state index contributed by atoms with van der Waals surface area (Å²) in [6.07, 6.45) is 0.0870. The first-order valence-electron chi connectivity index (χ1n) is 5.23. The lowest BCUT2D eigenvalue weighted by Crippen LogP contribution is -2.12. The molecular weight excluding hydrogens is 225 g/mol. The monoisotopic (exact) mass is 241 g/mol. The molecule has 0 aromatic heterocycles. The Labute approximate surface area is 99.5 Å². The second-order valence-corrected chi connectivity index (χ2v) is 3.51. The van der Waals surface area contributed by atoms with Gasteiger partial charge in [0.05, 0.1) is 19.3 Å². The average Bonchev–Trinajstić information content (AvgIpc) is 2.31. The lowest BCUT2D eigenvalue weighted by Gasteiger charge is -2.11. The molecule has 0 spiro atoms. The molecule has 2 N–H and O–H groups in total. The zero-order chi connectivity index (χ0) is 12.8. The molecule has 94 valence electrons. The van der Waals surface area contributed by atoms with Crippen LogP contribution in [0.15, 0.2) is 12.1 Å². The van der Waals surface area contributed by atoms with Gasteiger partial charge in [-0.3, -0.25) is 4.79 Å². The van der Waals surface area contributed by atoms with Gasteiger partial charge in [-0.1, -0.05) is 6.07 Å². The SMILES string of the molecule is COCc1ccc(OC)c(C(=O)CCN)c1F. The number of hydrogen-bond donors (Lipinski definition) is 1. The number of Topliss-reactive ketones (excluding diaryl/α,β-unsaturated/α-hetero) is 1. The van der Waals surface area contributed by atoms with Crippen LogP contribution in [-0.4, -0.2) is 26.5 Å². The van der Waals surface area contributed by atoms with Crippen LogP contribution in [0, 0.1) is 5.82 Å². The van der Waals surface area contributed by atoms with Gasteiger partial charge in [0.25, 0.3) is 0 Å². The van der Waals surface area contributed by atoms with Gasteiger partial charge in [0.1, 0.15) is 11.6 Å². The van der Waals surface area contributed by atoms with E-state index in [0.717, 1.165) is 0 Å². The number of methoxy groups -OCH3 is 2. The summed E-state index contributed by atoms with van der Waals surface area (Å²) in [4.78, 5) is 11.8. The molecule has 1 aromatic rings. The van der Waals surface area contributed by atoms with Gasteiger partial charge in [-0.2, -0.15) is 0 Å². The highest BCUT2D eigenvalue weighted by molar-refractivity contribution is 5.99. The molecule has 4 nitrogen and oxygen atoms in total. The Kier molecular flexibility index (Phi) is 5.06. The lowest BCUT2D eigenvalue weighted by molar-refractivity contribution is 0.0977. The third-order valence-electron chi connectivity index (χ3n) is 2.35. The van der Waals surface area contributed by atoms with E-state index < -0.39 is 5.82 Å². The van der Waals surface area contributed by atoms with Gasteiger partial charge in [0.2, 0.25) is 0 Å². The molecule has 17 heavy (non-hydrogen) atoms. The van der Waals surface area contributed by atoms with Gasteiger partial charge in [-0.15, -0.1) is 0 Å². The molecular formula is C12H16FNO3. The van der Waals surface area contributed by atoms with Crippen molar-refractivity contribution in [3.05, 3.63) is 29.1 Å². The Morgan fingerprint density at radius 2 is 2.12 bits per heavy atom. The van der Waals surface area contributed by atoms with Gasteiger partial charge in [-0.05, 0) is 12.6 Å². The molecule has 0 bridgehead atoms.